The van der Waals surface area contributed by atoms with Crippen LogP contribution in [0.15, 0.2) is 0 Å². The van der Waals surface area contributed by atoms with Crippen molar-refractivity contribution < 1.29 is 9.47 Å². The third kappa shape index (κ3) is 6.49. The van der Waals surface area contributed by atoms with Crippen LogP contribution in [-0.2, 0) is 9.47 Å². The molecule has 0 aromatic rings. The van der Waals surface area contributed by atoms with Crippen LogP contribution in [0.25, 0.3) is 0 Å². The number of methoxy groups -OCH3 is 1. The summed E-state index contributed by atoms with van der Waals surface area (Å²) in [4.78, 5) is 0. The zero-order valence-corrected chi connectivity index (χ0v) is 12.0. The summed E-state index contributed by atoms with van der Waals surface area (Å²) in [6, 6.07) is 0. The Bertz CT molecular complexity index is 161. The molecule has 0 saturated heterocycles. The van der Waals surface area contributed by atoms with Gasteiger partial charge in [0.2, 0.25) is 0 Å². The average molecular weight is 230 g/mol. The largest absolute Gasteiger partial charge is 0.384 e. The second-order valence-corrected chi connectivity index (χ2v) is 5.74. The predicted molar refractivity (Wildman–Crippen MR) is 69.7 cm³/mol. The van der Waals surface area contributed by atoms with Gasteiger partial charge in [0, 0.05) is 19.6 Å². The average Bonchev–Trinajstić information content (AvgIpc) is 2.20. The van der Waals surface area contributed by atoms with Gasteiger partial charge in [-0.1, -0.05) is 41.0 Å². The van der Waals surface area contributed by atoms with E-state index >= 15 is 0 Å². The van der Waals surface area contributed by atoms with Crippen LogP contribution in [0.3, 0.4) is 0 Å². The molecule has 0 aromatic carbocycles. The topological polar surface area (TPSA) is 18.5 Å². The molecule has 0 aliphatic heterocycles. The SMILES string of the molecule is CCC(COC)COCC(CC)C(C)(C)C. The van der Waals surface area contributed by atoms with E-state index in [0.717, 1.165) is 26.2 Å². The van der Waals surface area contributed by atoms with Gasteiger partial charge in [0.25, 0.3) is 0 Å². The van der Waals surface area contributed by atoms with Crippen molar-refractivity contribution in [3.63, 3.8) is 0 Å². The quantitative estimate of drug-likeness (QED) is 0.632. The zero-order chi connectivity index (χ0) is 12.6. The first-order valence-corrected chi connectivity index (χ1v) is 6.52. The lowest BCUT2D eigenvalue weighted by Crippen LogP contribution is -2.26. The Balaban J connectivity index is 3.85. The second-order valence-electron chi connectivity index (χ2n) is 5.74. The molecule has 16 heavy (non-hydrogen) atoms. The van der Waals surface area contributed by atoms with E-state index in [9.17, 15) is 0 Å². The second kappa shape index (κ2) is 8.08. The summed E-state index contributed by atoms with van der Waals surface area (Å²) in [5.74, 6) is 1.19. The van der Waals surface area contributed by atoms with Gasteiger partial charge in [-0.05, 0) is 17.8 Å². The molecular formula is C14H30O2. The van der Waals surface area contributed by atoms with Gasteiger partial charge < -0.3 is 9.47 Å². The van der Waals surface area contributed by atoms with Gasteiger partial charge in [0.1, 0.15) is 0 Å². The number of ether oxygens (including phenoxy) is 2. The molecule has 0 rings (SSSR count). The summed E-state index contributed by atoms with van der Waals surface area (Å²) in [6.45, 7) is 13.8. The van der Waals surface area contributed by atoms with Crippen molar-refractivity contribution >= 4 is 0 Å². The fourth-order valence-electron chi connectivity index (χ4n) is 1.88. The highest BCUT2D eigenvalue weighted by molar-refractivity contribution is 4.72. The third-order valence-electron chi connectivity index (χ3n) is 3.37. The fraction of sp³-hybridized carbons (Fsp3) is 1.00. The Morgan fingerprint density at radius 1 is 0.938 bits per heavy atom. The Labute approximate surface area is 102 Å². The Morgan fingerprint density at radius 2 is 1.56 bits per heavy atom. The Morgan fingerprint density at radius 3 is 1.94 bits per heavy atom. The Kier molecular flexibility index (Phi) is 8.04. The molecule has 2 atom stereocenters. The van der Waals surface area contributed by atoms with Gasteiger partial charge >= 0.3 is 0 Å². The summed E-state index contributed by atoms with van der Waals surface area (Å²) in [5.41, 5.74) is 0.345. The lowest BCUT2D eigenvalue weighted by atomic mass is 9.80. The third-order valence-corrected chi connectivity index (χ3v) is 3.37. The molecule has 0 heterocycles. The molecular weight excluding hydrogens is 200 g/mol. The maximum Gasteiger partial charge on any atom is 0.0516 e. The van der Waals surface area contributed by atoms with E-state index in [4.69, 9.17) is 9.47 Å². The van der Waals surface area contributed by atoms with Crippen LogP contribution >= 0.6 is 0 Å². The first-order chi connectivity index (χ1) is 7.45. The van der Waals surface area contributed by atoms with E-state index < -0.39 is 0 Å². The van der Waals surface area contributed by atoms with Crippen molar-refractivity contribution in [3.05, 3.63) is 0 Å². The van der Waals surface area contributed by atoms with Crippen LogP contribution in [0.4, 0.5) is 0 Å². The molecule has 2 unspecified atom stereocenters. The summed E-state index contributed by atoms with van der Waals surface area (Å²) in [7, 11) is 1.76. The molecule has 0 spiro atoms. The van der Waals surface area contributed by atoms with Crippen LogP contribution in [0.5, 0.6) is 0 Å². The van der Waals surface area contributed by atoms with Crippen molar-refractivity contribution in [1.82, 2.24) is 0 Å². The normalized spacial score (nSPS) is 16.1. The lowest BCUT2D eigenvalue weighted by Gasteiger charge is -2.30. The van der Waals surface area contributed by atoms with Gasteiger partial charge in [-0.25, -0.2) is 0 Å². The van der Waals surface area contributed by atoms with Crippen molar-refractivity contribution in [2.75, 3.05) is 26.9 Å². The van der Waals surface area contributed by atoms with Crippen molar-refractivity contribution in [2.24, 2.45) is 17.3 Å². The maximum absolute atomic E-state index is 5.84. The predicted octanol–water partition coefficient (Wildman–Crippen LogP) is 3.75. The molecule has 0 aliphatic rings. The van der Waals surface area contributed by atoms with Gasteiger partial charge in [-0.3, -0.25) is 0 Å². The highest BCUT2D eigenvalue weighted by Gasteiger charge is 2.23. The minimum atomic E-state index is 0.345. The molecule has 2 nitrogen and oxygen atoms in total. The summed E-state index contributed by atoms with van der Waals surface area (Å²) in [5, 5.41) is 0. The molecule has 0 radical (unpaired) electrons. The van der Waals surface area contributed by atoms with E-state index in [2.05, 4.69) is 34.6 Å². The number of hydrogen-bond donors (Lipinski definition) is 0. The first-order valence-electron chi connectivity index (χ1n) is 6.52. The molecule has 0 aromatic heterocycles. The van der Waals surface area contributed by atoms with Crippen LogP contribution in [-0.4, -0.2) is 26.9 Å². The van der Waals surface area contributed by atoms with E-state index in [-0.39, 0.29) is 0 Å². The number of hydrogen-bond acceptors (Lipinski definition) is 2. The smallest absolute Gasteiger partial charge is 0.0516 e. The van der Waals surface area contributed by atoms with E-state index in [1.54, 1.807) is 7.11 Å². The van der Waals surface area contributed by atoms with Crippen molar-refractivity contribution in [1.29, 1.82) is 0 Å². The molecule has 0 fully saturated rings. The molecule has 0 bridgehead atoms. The molecule has 98 valence electrons. The van der Waals surface area contributed by atoms with Gasteiger partial charge in [0.05, 0.1) is 13.2 Å². The molecule has 0 saturated carbocycles. The van der Waals surface area contributed by atoms with Gasteiger partial charge in [-0.2, -0.15) is 0 Å². The first kappa shape index (κ1) is 15.9. The van der Waals surface area contributed by atoms with E-state index in [1.165, 1.54) is 6.42 Å². The molecule has 0 aliphatic carbocycles. The van der Waals surface area contributed by atoms with Crippen LogP contribution in [0.2, 0.25) is 0 Å². The summed E-state index contributed by atoms with van der Waals surface area (Å²) in [6.07, 6.45) is 2.31. The Hall–Kier alpha value is -0.0800. The van der Waals surface area contributed by atoms with E-state index in [1.807, 2.05) is 0 Å². The molecule has 0 N–H and O–H groups in total. The lowest BCUT2D eigenvalue weighted by molar-refractivity contribution is 0.0152. The highest BCUT2D eigenvalue weighted by Crippen LogP contribution is 2.28. The molecule has 0 amide bonds. The minimum Gasteiger partial charge on any atom is -0.384 e. The monoisotopic (exact) mass is 230 g/mol. The van der Waals surface area contributed by atoms with Crippen LogP contribution < -0.4 is 0 Å². The van der Waals surface area contributed by atoms with E-state index in [0.29, 0.717) is 17.3 Å². The van der Waals surface area contributed by atoms with Crippen molar-refractivity contribution in [3.8, 4) is 0 Å². The minimum absolute atomic E-state index is 0.345. The van der Waals surface area contributed by atoms with Gasteiger partial charge in [0.15, 0.2) is 0 Å². The highest BCUT2D eigenvalue weighted by atomic mass is 16.5. The fourth-order valence-corrected chi connectivity index (χ4v) is 1.88. The van der Waals surface area contributed by atoms with Crippen molar-refractivity contribution in [2.45, 2.75) is 47.5 Å². The van der Waals surface area contributed by atoms with Gasteiger partial charge in [-0.15, -0.1) is 0 Å². The standard InChI is InChI=1S/C14H30O2/c1-7-12(9-15-6)10-16-11-13(8-2)14(3,4)5/h12-13H,7-11H2,1-6H3. The summed E-state index contributed by atoms with van der Waals surface area (Å²) < 4.78 is 11.0. The van der Waals surface area contributed by atoms with Crippen LogP contribution in [0, 0.1) is 17.3 Å². The van der Waals surface area contributed by atoms with Crippen LogP contribution in [0.1, 0.15) is 47.5 Å². The number of rotatable bonds is 8. The molecule has 2 heteroatoms. The zero-order valence-electron chi connectivity index (χ0n) is 12.0. The summed E-state index contributed by atoms with van der Waals surface area (Å²) >= 11 is 0. The maximum atomic E-state index is 5.84.